The van der Waals surface area contributed by atoms with Crippen molar-refractivity contribution in [3.8, 4) is 0 Å². The molecule has 0 spiro atoms. The van der Waals surface area contributed by atoms with E-state index in [9.17, 15) is 4.79 Å². The first-order chi connectivity index (χ1) is 12.6. The van der Waals surface area contributed by atoms with Crippen LogP contribution in [0, 0.1) is 11.3 Å². The van der Waals surface area contributed by atoms with Crippen molar-refractivity contribution in [2.24, 2.45) is 11.3 Å². The van der Waals surface area contributed by atoms with E-state index in [0.717, 1.165) is 51.5 Å². The van der Waals surface area contributed by atoms with Crippen molar-refractivity contribution >= 4 is 30.7 Å². The normalized spacial score (nSPS) is 21.1. The van der Waals surface area contributed by atoms with Gasteiger partial charge in [0.05, 0.1) is 6.04 Å². The number of amides is 1. The van der Waals surface area contributed by atoms with Crippen LogP contribution in [-0.4, -0.2) is 49.6 Å². The molecule has 0 saturated carbocycles. The molecule has 2 aliphatic heterocycles. The van der Waals surface area contributed by atoms with Gasteiger partial charge in [0.2, 0.25) is 5.91 Å². The summed E-state index contributed by atoms with van der Waals surface area (Å²) in [5, 5.41) is 6.64. The molecule has 3 rings (SSSR count). The molecule has 2 fully saturated rings. The molecular weight excluding hydrogens is 393 g/mol. The second kappa shape index (κ2) is 12.0. The van der Waals surface area contributed by atoms with E-state index < -0.39 is 0 Å². The van der Waals surface area contributed by atoms with Crippen LogP contribution in [-0.2, 0) is 11.2 Å². The van der Waals surface area contributed by atoms with Crippen molar-refractivity contribution in [2.75, 3.05) is 32.7 Å². The fourth-order valence-corrected chi connectivity index (χ4v) is 4.31. The highest BCUT2D eigenvalue weighted by Crippen LogP contribution is 2.27. The van der Waals surface area contributed by atoms with Crippen molar-refractivity contribution in [3.63, 3.8) is 0 Å². The predicted molar refractivity (Wildman–Crippen MR) is 122 cm³/mol. The van der Waals surface area contributed by atoms with Gasteiger partial charge in [-0.2, -0.15) is 0 Å². The largest absolute Gasteiger partial charge is 0.354 e. The third-order valence-corrected chi connectivity index (χ3v) is 6.44. The minimum Gasteiger partial charge on any atom is -0.354 e. The Kier molecular flexibility index (Phi) is 10.8. The highest BCUT2D eigenvalue weighted by Gasteiger charge is 2.30. The first-order valence-corrected chi connectivity index (χ1v) is 10.3. The molecule has 1 aromatic carbocycles. The first-order valence-electron chi connectivity index (χ1n) is 10.3. The van der Waals surface area contributed by atoms with Gasteiger partial charge < -0.3 is 10.6 Å². The van der Waals surface area contributed by atoms with Gasteiger partial charge in [-0.15, -0.1) is 24.8 Å². The molecule has 1 amide bonds. The van der Waals surface area contributed by atoms with Crippen LogP contribution in [0.15, 0.2) is 30.3 Å². The summed E-state index contributed by atoms with van der Waals surface area (Å²) in [7, 11) is 0. The monoisotopic (exact) mass is 429 g/mol. The number of carbonyl (C=O) groups is 1. The lowest BCUT2D eigenvalue weighted by atomic mass is 9.81. The number of piperidine rings is 2. The van der Waals surface area contributed by atoms with E-state index in [2.05, 4.69) is 59.7 Å². The molecule has 0 aliphatic carbocycles. The Hall–Kier alpha value is -0.810. The molecule has 160 valence electrons. The maximum absolute atomic E-state index is 12.6. The lowest BCUT2D eigenvalue weighted by Crippen LogP contribution is -2.51. The third kappa shape index (κ3) is 7.22. The molecular formula is C22H37Cl2N3O. The van der Waals surface area contributed by atoms with E-state index in [0.29, 0.717) is 0 Å². The van der Waals surface area contributed by atoms with Crippen molar-refractivity contribution < 1.29 is 4.79 Å². The minimum atomic E-state index is -0.0157. The van der Waals surface area contributed by atoms with E-state index in [1.165, 1.54) is 24.8 Å². The zero-order chi connectivity index (χ0) is 18.4. The number of rotatable bonds is 6. The summed E-state index contributed by atoms with van der Waals surface area (Å²) in [6, 6.07) is 10.8. The van der Waals surface area contributed by atoms with Gasteiger partial charge in [-0.1, -0.05) is 37.3 Å². The Labute approximate surface area is 183 Å². The van der Waals surface area contributed by atoms with Crippen molar-refractivity contribution in [1.29, 1.82) is 0 Å². The molecule has 0 bridgehead atoms. The number of nitrogens with one attached hydrogen (secondary N) is 2. The van der Waals surface area contributed by atoms with Crippen LogP contribution in [0.2, 0.25) is 0 Å². The minimum absolute atomic E-state index is 0. The molecule has 4 nitrogen and oxygen atoms in total. The molecule has 2 heterocycles. The summed E-state index contributed by atoms with van der Waals surface area (Å²) < 4.78 is 0. The third-order valence-electron chi connectivity index (χ3n) is 6.44. The summed E-state index contributed by atoms with van der Waals surface area (Å²) >= 11 is 0. The van der Waals surface area contributed by atoms with Gasteiger partial charge in [-0.25, -0.2) is 0 Å². The lowest BCUT2D eigenvalue weighted by molar-refractivity contribution is -0.127. The SMILES string of the molecule is CC(C(=O)NCC1(C)CCNCC1)N1CCC(Cc2ccccc2)CC1.Cl.Cl. The molecule has 0 aromatic heterocycles. The second-order valence-electron chi connectivity index (χ2n) is 8.62. The Bertz CT molecular complexity index is 570. The molecule has 1 aromatic rings. The summed E-state index contributed by atoms with van der Waals surface area (Å²) in [6.07, 6.45) is 5.84. The molecule has 2 saturated heterocycles. The Balaban J connectivity index is 0.00000196. The van der Waals surface area contributed by atoms with Crippen LogP contribution in [0.3, 0.4) is 0 Å². The smallest absolute Gasteiger partial charge is 0.237 e. The first kappa shape index (κ1) is 25.2. The highest BCUT2D eigenvalue weighted by atomic mass is 35.5. The maximum Gasteiger partial charge on any atom is 0.237 e. The van der Waals surface area contributed by atoms with Crippen LogP contribution in [0.4, 0.5) is 0 Å². The average Bonchev–Trinajstić information content (AvgIpc) is 2.68. The Morgan fingerprint density at radius 1 is 1.18 bits per heavy atom. The van der Waals surface area contributed by atoms with Gasteiger partial charge in [-0.3, -0.25) is 9.69 Å². The van der Waals surface area contributed by atoms with Crippen molar-refractivity contribution in [3.05, 3.63) is 35.9 Å². The van der Waals surface area contributed by atoms with Gasteiger partial charge in [0.25, 0.3) is 0 Å². The van der Waals surface area contributed by atoms with E-state index in [1.54, 1.807) is 0 Å². The number of benzene rings is 1. The van der Waals surface area contributed by atoms with E-state index >= 15 is 0 Å². The molecule has 2 aliphatic rings. The Morgan fingerprint density at radius 2 is 1.79 bits per heavy atom. The van der Waals surface area contributed by atoms with Gasteiger partial charge in [-0.05, 0) is 82.1 Å². The van der Waals surface area contributed by atoms with E-state index in [-0.39, 0.29) is 42.2 Å². The molecule has 6 heteroatoms. The fourth-order valence-electron chi connectivity index (χ4n) is 4.31. The molecule has 1 atom stereocenters. The quantitative estimate of drug-likeness (QED) is 0.724. The average molecular weight is 430 g/mol. The number of likely N-dealkylation sites (tertiary alicyclic amines) is 1. The molecule has 28 heavy (non-hydrogen) atoms. The van der Waals surface area contributed by atoms with Crippen molar-refractivity contribution in [1.82, 2.24) is 15.5 Å². The second-order valence-corrected chi connectivity index (χ2v) is 8.62. The predicted octanol–water partition coefficient (Wildman–Crippen LogP) is 3.68. The van der Waals surface area contributed by atoms with Gasteiger partial charge >= 0.3 is 0 Å². The summed E-state index contributed by atoms with van der Waals surface area (Å²) in [5.74, 6) is 0.948. The van der Waals surface area contributed by atoms with Gasteiger partial charge in [0.1, 0.15) is 0 Å². The number of halogens is 2. The van der Waals surface area contributed by atoms with Gasteiger partial charge in [0.15, 0.2) is 0 Å². The summed E-state index contributed by atoms with van der Waals surface area (Å²) in [5.41, 5.74) is 1.69. The molecule has 0 radical (unpaired) electrons. The fraction of sp³-hybridized carbons (Fsp3) is 0.682. The topological polar surface area (TPSA) is 44.4 Å². The number of hydrogen-bond donors (Lipinski definition) is 2. The zero-order valence-corrected chi connectivity index (χ0v) is 18.9. The van der Waals surface area contributed by atoms with Crippen molar-refractivity contribution in [2.45, 2.75) is 52.0 Å². The van der Waals surface area contributed by atoms with Crippen LogP contribution >= 0.6 is 24.8 Å². The highest BCUT2D eigenvalue weighted by molar-refractivity contribution is 5.85. The summed E-state index contributed by atoms with van der Waals surface area (Å²) in [4.78, 5) is 15.0. The van der Waals surface area contributed by atoms with Crippen LogP contribution < -0.4 is 10.6 Å². The Morgan fingerprint density at radius 3 is 2.39 bits per heavy atom. The number of nitrogens with zero attached hydrogens (tertiary/aromatic N) is 1. The van der Waals surface area contributed by atoms with Crippen LogP contribution in [0.5, 0.6) is 0 Å². The number of carbonyl (C=O) groups excluding carboxylic acids is 1. The summed E-state index contributed by atoms with van der Waals surface area (Å²) in [6.45, 7) is 9.38. The number of hydrogen-bond acceptors (Lipinski definition) is 3. The van der Waals surface area contributed by atoms with Crippen LogP contribution in [0.1, 0.15) is 45.1 Å². The van der Waals surface area contributed by atoms with Gasteiger partial charge in [0, 0.05) is 6.54 Å². The van der Waals surface area contributed by atoms with E-state index in [4.69, 9.17) is 0 Å². The molecule has 2 N–H and O–H groups in total. The van der Waals surface area contributed by atoms with E-state index in [1.807, 2.05) is 0 Å². The van der Waals surface area contributed by atoms with Crippen LogP contribution in [0.25, 0.3) is 0 Å². The maximum atomic E-state index is 12.6. The molecule has 1 unspecified atom stereocenters. The standard InChI is InChI=1S/C22H35N3O.2ClH/c1-18(21(26)24-17-22(2)10-12-23-13-11-22)25-14-8-20(9-15-25)16-19-6-4-3-5-7-19;;/h3-7,18,20,23H,8-17H2,1-2H3,(H,24,26);2*1H. The lowest BCUT2D eigenvalue weighted by Gasteiger charge is -2.37. The zero-order valence-electron chi connectivity index (χ0n) is 17.3.